The summed E-state index contributed by atoms with van der Waals surface area (Å²) >= 11 is 0. The van der Waals surface area contributed by atoms with Crippen molar-refractivity contribution >= 4 is 0 Å². The minimum Gasteiger partial charge on any atom is -0.399 e. The highest BCUT2D eigenvalue weighted by molar-refractivity contribution is 5.59. The molecule has 130 valence electrons. The summed E-state index contributed by atoms with van der Waals surface area (Å²) in [4.78, 5) is 6.33. The van der Waals surface area contributed by atoms with Gasteiger partial charge in [0.2, 0.25) is 0 Å². The predicted molar refractivity (Wildman–Crippen MR) is 95.7 cm³/mol. The molecule has 2 atom stereocenters. The standard InChI is InChI=1S/C20H20N6/c1-13(2)26-8-5-15-16(9-21)19(24)20(11-22,12-23)18(17(15)10-26)14-3-6-25-7-4-14/h3-7,13,17-18H,8,10,24H2,1-2H3/t17-,18+/m1/s1. The van der Waals surface area contributed by atoms with Crippen molar-refractivity contribution in [2.24, 2.45) is 17.1 Å². The Hall–Kier alpha value is -3.14. The molecule has 3 rings (SSSR count). The third-order valence-electron chi connectivity index (χ3n) is 5.49. The highest BCUT2D eigenvalue weighted by Gasteiger charge is 2.54. The van der Waals surface area contributed by atoms with E-state index in [-0.39, 0.29) is 17.2 Å². The first-order valence-corrected chi connectivity index (χ1v) is 8.57. The Morgan fingerprint density at radius 1 is 1.23 bits per heavy atom. The van der Waals surface area contributed by atoms with E-state index in [4.69, 9.17) is 5.73 Å². The van der Waals surface area contributed by atoms with E-state index < -0.39 is 11.3 Å². The van der Waals surface area contributed by atoms with Crippen molar-refractivity contribution in [2.45, 2.75) is 25.8 Å². The van der Waals surface area contributed by atoms with Crippen molar-refractivity contribution in [1.82, 2.24) is 9.88 Å². The topological polar surface area (TPSA) is 114 Å². The second kappa shape index (κ2) is 6.64. The van der Waals surface area contributed by atoms with Crippen LogP contribution in [0.1, 0.15) is 25.3 Å². The molecule has 26 heavy (non-hydrogen) atoms. The Balaban J connectivity index is 2.29. The predicted octanol–water partition coefficient (Wildman–Crippen LogP) is 2.22. The molecule has 2 heterocycles. The van der Waals surface area contributed by atoms with Crippen LogP contribution in [0.15, 0.2) is 47.4 Å². The van der Waals surface area contributed by atoms with Gasteiger partial charge in [-0.05, 0) is 37.1 Å². The van der Waals surface area contributed by atoms with Gasteiger partial charge >= 0.3 is 0 Å². The largest absolute Gasteiger partial charge is 0.399 e. The third-order valence-corrected chi connectivity index (χ3v) is 5.49. The zero-order valence-electron chi connectivity index (χ0n) is 14.8. The van der Waals surface area contributed by atoms with Crippen molar-refractivity contribution in [3.63, 3.8) is 0 Å². The van der Waals surface area contributed by atoms with Gasteiger partial charge in [0.15, 0.2) is 5.41 Å². The minimum atomic E-state index is -1.57. The number of nitrogens with zero attached hydrogens (tertiary/aromatic N) is 5. The van der Waals surface area contributed by atoms with Crippen LogP contribution in [-0.4, -0.2) is 29.0 Å². The summed E-state index contributed by atoms with van der Waals surface area (Å²) in [5, 5.41) is 29.6. The molecular formula is C20H20N6. The van der Waals surface area contributed by atoms with Gasteiger partial charge in [-0.25, -0.2) is 0 Å². The summed E-state index contributed by atoms with van der Waals surface area (Å²) in [5.74, 6) is -0.611. The first-order chi connectivity index (χ1) is 12.5. The van der Waals surface area contributed by atoms with Gasteiger partial charge in [0.25, 0.3) is 0 Å². The lowest BCUT2D eigenvalue weighted by Gasteiger charge is -2.46. The Morgan fingerprint density at radius 3 is 2.42 bits per heavy atom. The lowest BCUT2D eigenvalue weighted by Crippen LogP contribution is -2.49. The molecule has 1 aliphatic carbocycles. The summed E-state index contributed by atoms with van der Waals surface area (Å²) in [6, 6.07) is 10.4. The molecule has 0 saturated heterocycles. The molecule has 2 N–H and O–H groups in total. The Labute approximate surface area is 153 Å². The number of nitrogens with two attached hydrogens (primary N) is 1. The van der Waals surface area contributed by atoms with Crippen LogP contribution in [0.5, 0.6) is 0 Å². The number of aromatic nitrogens is 1. The average Bonchev–Trinajstić information content (AvgIpc) is 2.67. The van der Waals surface area contributed by atoms with E-state index in [0.717, 1.165) is 17.7 Å². The molecule has 1 aromatic heterocycles. The van der Waals surface area contributed by atoms with Gasteiger partial charge in [-0.15, -0.1) is 0 Å². The summed E-state index contributed by atoms with van der Waals surface area (Å²) in [7, 11) is 0. The van der Waals surface area contributed by atoms with Crippen LogP contribution in [0.3, 0.4) is 0 Å². The molecule has 0 bridgehead atoms. The zero-order valence-corrected chi connectivity index (χ0v) is 14.8. The van der Waals surface area contributed by atoms with Crippen LogP contribution >= 0.6 is 0 Å². The van der Waals surface area contributed by atoms with Crippen LogP contribution in [0.25, 0.3) is 0 Å². The number of hydrogen-bond acceptors (Lipinski definition) is 6. The van der Waals surface area contributed by atoms with E-state index in [9.17, 15) is 15.8 Å². The number of rotatable bonds is 2. The van der Waals surface area contributed by atoms with E-state index in [1.807, 2.05) is 18.2 Å². The fourth-order valence-corrected chi connectivity index (χ4v) is 4.07. The van der Waals surface area contributed by atoms with Crippen molar-refractivity contribution < 1.29 is 0 Å². The molecule has 0 fully saturated rings. The Bertz CT molecular complexity index is 877. The molecule has 0 spiro atoms. The van der Waals surface area contributed by atoms with Crippen LogP contribution in [0.2, 0.25) is 0 Å². The molecule has 6 nitrogen and oxygen atoms in total. The SMILES string of the molecule is CC(C)N1CC=C2C(C#N)=C(N)C(C#N)(C#N)[C@@H](c3ccncc3)[C@@H]2C1. The van der Waals surface area contributed by atoms with Crippen molar-refractivity contribution in [2.75, 3.05) is 13.1 Å². The molecule has 0 saturated carbocycles. The molecule has 0 amide bonds. The quantitative estimate of drug-likeness (QED) is 0.880. The monoisotopic (exact) mass is 344 g/mol. The average molecular weight is 344 g/mol. The number of hydrogen-bond donors (Lipinski definition) is 1. The molecule has 0 radical (unpaired) electrons. The van der Waals surface area contributed by atoms with Gasteiger partial charge < -0.3 is 5.73 Å². The second-order valence-electron chi connectivity index (χ2n) is 7.00. The van der Waals surface area contributed by atoms with Crippen LogP contribution < -0.4 is 5.73 Å². The lowest BCUT2D eigenvalue weighted by atomic mass is 9.58. The van der Waals surface area contributed by atoms with E-state index in [1.54, 1.807) is 12.4 Å². The van der Waals surface area contributed by atoms with Gasteiger partial charge in [-0.1, -0.05) is 6.08 Å². The molecule has 1 aromatic rings. The smallest absolute Gasteiger partial charge is 0.191 e. The summed E-state index contributed by atoms with van der Waals surface area (Å²) in [6.45, 7) is 5.61. The van der Waals surface area contributed by atoms with Gasteiger partial charge in [-0.2, -0.15) is 15.8 Å². The maximum Gasteiger partial charge on any atom is 0.191 e. The van der Waals surface area contributed by atoms with Crippen LogP contribution in [0.4, 0.5) is 0 Å². The van der Waals surface area contributed by atoms with Crippen molar-refractivity contribution in [3.05, 3.63) is 53.0 Å². The molecule has 1 aliphatic heterocycles. The molecule has 0 aromatic carbocycles. The van der Waals surface area contributed by atoms with Crippen molar-refractivity contribution in [1.29, 1.82) is 15.8 Å². The molecular weight excluding hydrogens is 324 g/mol. The van der Waals surface area contributed by atoms with Crippen molar-refractivity contribution in [3.8, 4) is 18.2 Å². The van der Waals surface area contributed by atoms with E-state index in [1.165, 1.54) is 0 Å². The summed E-state index contributed by atoms with van der Waals surface area (Å²) in [5.41, 5.74) is 6.72. The molecule has 0 unspecified atom stereocenters. The second-order valence-corrected chi connectivity index (χ2v) is 7.00. The zero-order chi connectivity index (χ0) is 18.9. The highest BCUT2D eigenvalue weighted by Crippen LogP contribution is 2.54. The number of fused-ring (bicyclic) bond motifs is 1. The van der Waals surface area contributed by atoms with Gasteiger partial charge in [0.05, 0.1) is 23.4 Å². The van der Waals surface area contributed by atoms with Gasteiger partial charge in [0.1, 0.15) is 6.07 Å². The highest BCUT2D eigenvalue weighted by atomic mass is 15.2. The Morgan fingerprint density at radius 2 is 1.88 bits per heavy atom. The van der Waals surface area contributed by atoms with Crippen LogP contribution in [0, 0.1) is 45.3 Å². The normalized spacial score (nSPS) is 24.8. The molecule has 6 heteroatoms. The minimum absolute atomic E-state index is 0.0623. The van der Waals surface area contributed by atoms with Crippen LogP contribution in [-0.2, 0) is 0 Å². The first kappa shape index (κ1) is 17.7. The third kappa shape index (κ3) is 2.46. The summed E-state index contributed by atoms with van der Waals surface area (Å²) in [6.07, 6.45) is 5.33. The maximum atomic E-state index is 9.98. The first-order valence-electron chi connectivity index (χ1n) is 8.57. The fourth-order valence-electron chi connectivity index (χ4n) is 4.07. The van der Waals surface area contributed by atoms with E-state index in [0.29, 0.717) is 12.6 Å². The number of nitriles is 3. The number of pyridine rings is 1. The lowest BCUT2D eigenvalue weighted by molar-refractivity contribution is 0.174. The molecule has 2 aliphatic rings. The maximum absolute atomic E-state index is 9.98. The Kier molecular flexibility index (Phi) is 4.51. The fraction of sp³-hybridized carbons (Fsp3) is 0.400. The number of allylic oxidation sites excluding steroid dienone is 2. The van der Waals surface area contributed by atoms with E-state index >= 15 is 0 Å². The van der Waals surface area contributed by atoms with Gasteiger partial charge in [-0.3, -0.25) is 9.88 Å². The van der Waals surface area contributed by atoms with Gasteiger partial charge in [0, 0.05) is 43.4 Å². The summed E-state index contributed by atoms with van der Waals surface area (Å²) < 4.78 is 0. The van der Waals surface area contributed by atoms with E-state index in [2.05, 4.69) is 41.9 Å².